The number of hydrogen-bond acceptors (Lipinski definition) is 3. The molecule has 1 rings (SSSR count). The lowest BCUT2D eigenvalue weighted by Crippen LogP contribution is -2.41. The number of nitrogens with one attached hydrogen (secondary N) is 2. The molecular weight excluding hydrogens is 213 g/mol. The second-order valence-electron chi connectivity index (χ2n) is 3.41. The first kappa shape index (κ1) is 12.3. The van der Waals surface area contributed by atoms with Gasteiger partial charge in [-0.25, -0.2) is 5.48 Å². The van der Waals surface area contributed by atoms with Crippen LogP contribution in [0.1, 0.15) is 12.8 Å². The highest BCUT2D eigenvalue weighted by atomic mass is 19.4. The monoisotopic (exact) mass is 226 g/mol. The fourth-order valence-corrected chi connectivity index (χ4v) is 1.35. The summed E-state index contributed by atoms with van der Waals surface area (Å²) in [5.41, 5.74) is 1.81. The van der Waals surface area contributed by atoms with Gasteiger partial charge in [0.1, 0.15) is 0 Å². The van der Waals surface area contributed by atoms with Crippen molar-refractivity contribution in [1.82, 2.24) is 10.8 Å². The number of hydrogen-bond donors (Lipinski definition) is 2. The van der Waals surface area contributed by atoms with Gasteiger partial charge >= 0.3 is 6.18 Å². The first-order valence-corrected chi connectivity index (χ1v) is 4.68. The van der Waals surface area contributed by atoms with Crippen molar-refractivity contribution in [3.05, 3.63) is 0 Å². The lowest BCUT2D eigenvalue weighted by atomic mass is 9.99. The van der Waals surface area contributed by atoms with E-state index in [0.717, 1.165) is 13.0 Å². The Bertz CT molecular complexity index is 214. The minimum Gasteiger partial charge on any atom is -0.316 e. The predicted octanol–water partition coefficient (Wildman–Crippen LogP) is 0.596. The summed E-state index contributed by atoms with van der Waals surface area (Å²) in [6.45, 7) is -0.132. The van der Waals surface area contributed by atoms with Crippen LogP contribution >= 0.6 is 0 Å². The molecule has 4 nitrogen and oxygen atoms in total. The number of hydroxylamine groups is 1. The van der Waals surface area contributed by atoms with Crippen LogP contribution in [0.5, 0.6) is 0 Å². The molecule has 1 aliphatic rings. The molecular formula is C8H13F3N2O2. The molecule has 15 heavy (non-hydrogen) atoms. The van der Waals surface area contributed by atoms with Crippen molar-refractivity contribution in [2.75, 3.05) is 19.7 Å². The fraction of sp³-hybridized carbons (Fsp3) is 0.875. The standard InChI is InChI=1S/C8H13F3N2O2/c9-8(10,11)5-15-13-7(14)6-2-1-3-12-4-6/h6,12H,1-5H2,(H,13,14)/t6-/m0/s1. The quantitative estimate of drug-likeness (QED) is 0.693. The van der Waals surface area contributed by atoms with Crippen molar-refractivity contribution in [2.24, 2.45) is 5.92 Å². The topological polar surface area (TPSA) is 50.4 Å². The maximum atomic E-state index is 11.7. The summed E-state index contributed by atoms with van der Waals surface area (Å²) in [5, 5.41) is 2.98. The van der Waals surface area contributed by atoms with Gasteiger partial charge in [0.2, 0.25) is 5.91 Å². The molecule has 0 aromatic heterocycles. The number of piperidine rings is 1. The Morgan fingerprint density at radius 1 is 1.53 bits per heavy atom. The number of amides is 1. The summed E-state index contributed by atoms with van der Waals surface area (Å²) in [6.07, 6.45) is -2.90. The van der Waals surface area contributed by atoms with Gasteiger partial charge in [0.25, 0.3) is 0 Å². The molecule has 1 fully saturated rings. The molecule has 0 aliphatic carbocycles. The van der Waals surface area contributed by atoms with Gasteiger partial charge in [0.05, 0.1) is 5.92 Å². The number of carbonyl (C=O) groups is 1. The smallest absolute Gasteiger partial charge is 0.316 e. The predicted molar refractivity (Wildman–Crippen MR) is 45.7 cm³/mol. The zero-order valence-electron chi connectivity index (χ0n) is 8.06. The van der Waals surface area contributed by atoms with Gasteiger partial charge in [-0.2, -0.15) is 13.2 Å². The fourth-order valence-electron chi connectivity index (χ4n) is 1.35. The van der Waals surface area contributed by atoms with Gasteiger partial charge in [-0.3, -0.25) is 9.63 Å². The van der Waals surface area contributed by atoms with Crippen LogP contribution < -0.4 is 10.8 Å². The van der Waals surface area contributed by atoms with E-state index in [1.807, 2.05) is 5.48 Å². The molecule has 0 aromatic rings. The number of alkyl halides is 3. The summed E-state index contributed by atoms with van der Waals surface area (Å²) >= 11 is 0. The maximum Gasteiger partial charge on any atom is 0.414 e. The number of halogens is 3. The molecule has 88 valence electrons. The molecule has 1 heterocycles. The van der Waals surface area contributed by atoms with Crippen LogP contribution in [0.15, 0.2) is 0 Å². The van der Waals surface area contributed by atoms with E-state index in [1.165, 1.54) is 0 Å². The normalized spacial score (nSPS) is 22.5. The first-order valence-electron chi connectivity index (χ1n) is 4.68. The van der Waals surface area contributed by atoms with Gasteiger partial charge < -0.3 is 5.32 Å². The van der Waals surface area contributed by atoms with E-state index in [0.29, 0.717) is 13.0 Å². The molecule has 1 saturated heterocycles. The highest BCUT2D eigenvalue weighted by Gasteiger charge is 2.29. The van der Waals surface area contributed by atoms with Crippen LogP contribution in [0.3, 0.4) is 0 Å². The molecule has 0 radical (unpaired) electrons. The van der Waals surface area contributed by atoms with Crippen molar-refractivity contribution >= 4 is 5.91 Å². The molecule has 0 unspecified atom stereocenters. The second kappa shape index (κ2) is 5.32. The van der Waals surface area contributed by atoms with Crippen molar-refractivity contribution in [1.29, 1.82) is 0 Å². The Morgan fingerprint density at radius 3 is 2.80 bits per heavy atom. The van der Waals surface area contributed by atoms with Gasteiger partial charge in [0.15, 0.2) is 6.61 Å². The highest BCUT2D eigenvalue weighted by molar-refractivity contribution is 5.77. The van der Waals surface area contributed by atoms with Crippen LogP contribution in [-0.4, -0.2) is 31.8 Å². The van der Waals surface area contributed by atoms with Crippen LogP contribution in [-0.2, 0) is 9.63 Å². The Hall–Kier alpha value is -0.820. The zero-order chi connectivity index (χ0) is 11.3. The summed E-state index contributed by atoms with van der Waals surface area (Å²) in [7, 11) is 0. The number of rotatable bonds is 3. The third kappa shape index (κ3) is 4.98. The molecule has 0 spiro atoms. The molecule has 1 aliphatic heterocycles. The highest BCUT2D eigenvalue weighted by Crippen LogP contribution is 2.14. The van der Waals surface area contributed by atoms with E-state index in [2.05, 4.69) is 10.2 Å². The van der Waals surface area contributed by atoms with Crippen molar-refractivity contribution in [3.8, 4) is 0 Å². The van der Waals surface area contributed by atoms with Crippen molar-refractivity contribution in [2.45, 2.75) is 19.0 Å². The Labute approximate surface area is 85.1 Å². The van der Waals surface area contributed by atoms with E-state index in [1.54, 1.807) is 0 Å². The third-order valence-electron chi connectivity index (χ3n) is 2.08. The van der Waals surface area contributed by atoms with Gasteiger partial charge in [0, 0.05) is 6.54 Å². The average molecular weight is 226 g/mol. The molecule has 0 aromatic carbocycles. The Kier molecular flexibility index (Phi) is 4.34. The summed E-state index contributed by atoms with van der Waals surface area (Å²) < 4.78 is 35.0. The average Bonchev–Trinajstić information content (AvgIpc) is 2.17. The van der Waals surface area contributed by atoms with Crippen LogP contribution in [0.4, 0.5) is 13.2 Å². The minimum atomic E-state index is -4.42. The minimum absolute atomic E-state index is 0.299. The summed E-state index contributed by atoms with van der Waals surface area (Å²) in [6, 6.07) is 0. The van der Waals surface area contributed by atoms with Crippen LogP contribution in [0.2, 0.25) is 0 Å². The Balaban J connectivity index is 2.17. The third-order valence-corrected chi connectivity index (χ3v) is 2.08. The molecule has 0 bridgehead atoms. The van der Waals surface area contributed by atoms with Gasteiger partial charge in [-0.05, 0) is 19.4 Å². The van der Waals surface area contributed by atoms with Crippen LogP contribution in [0, 0.1) is 5.92 Å². The van der Waals surface area contributed by atoms with Crippen molar-refractivity contribution in [3.63, 3.8) is 0 Å². The summed E-state index contributed by atoms with van der Waals surface area (Å²) in [4.78, 5) is 15.3. The van der Waals surface area contributed by atoms with Gasteiger partial charge in [-0.15, -0.1) is 0 Å². The SMILES string of the molecule is O=C(NOCC(F)(F)F)[C@H]1CCCNC1. The van der Waals surface area contributed by atoms with Gasteiger partial charge in [-0.1, -0.05) is 0 Å². The lowest BCUT2D eigenvalue weighted by molar-refractivity contribution is -0.192. The molecule has 0 saturated carbocycles. The van der Waals surface area contributed by atoms with E-state index in [-0.39, 0.29) is 5.92 Å². The van der Waals surface area contributed by atoms with E-state index < -0.39 is 18.7 Å². The van der Waals surface area contributed by atoms with E-state index in [4.69, 9.17) is 0 Å². The number of carbonyl (C=O) groups excluding carboxylic acids is 1. The molecule has 2 N–H and O–H groups in total. The summed E-state index contributed by atoms with van der Waals surface area (Å²) in [5.74, 6) is -0.793. The van der Waals surface area contributed by atoms with E-state index in [9.17, 15) is 18.0 Å². The zero-order valence-corrected chi connectivity index (χ0v) is 8.06. The first-order chi connectivity index (χ1) is 6.99. The van der Waals surface area contributed by atoms with Crippen molar-refractivity contribution < 1.29 is 22.8 Å². The maximum absolute atomic E-state index is 11.7. The Morgan fingerprint density at radius 2 is 2.27 bits per heavy atom. The van der Waals surface area contributed by atoms with E-state index >= 15 is 0 Å². The second-order valence-corrected chi connectivity index (χ2v) is 3.41. The largest absolute Gasteiger partial charge is 0.414 e. The molecule has 7 heteroatoms. The lowest BCUT2D eigenvalue weighted by Gasteiger charge is -2.21. The molecule has 1 amide bonds. The molecule has 1 atom stereocenters. The van der Waals surface area contributed by atoms with Crippen LogP contribution in [0.25, 0.3) is 0 Å².